The number of hydrogen-bond acceptors (Lipinski definition) is 2. The van der Waals surface area contributed by atoms with E-state index in [4.69, 9.17) is 5.11 Å². The van der Waals surface area contributed by atoms with E-state index in [1.807, 2.05) is 25.6 Å². The lowest BCUT2D eigenvalue weighted by Crippen LogP contribution is -2.08. The number of aliphatic hydroxyl groups is 1. The van der Waals surface area contributed by atoms with Gasteiger partial charge in [0.2, 0.25) is 0 Å². The molecule has 13 heavy (non-hydrogen) atoms. The largest absolute Gasteiger partial charge is 0.396 e. The molecule has 0 aliphatic rings. The topological polar surface area (TPSA) is 38.0 Å². The molecule has 0 amide bonds. The Morgan fingerprint density at radius 2 is 2.23 bits per heavy atom. The molecule has 1 heterocycles. The van der Waals surface area contributed by atoms with Crippen molar-refractivity contribution in [2.24, 2.45) is 13.0 Å². The molecule has 1 atom stereocenters. The lowest BCUT2D eigenvalue weighted by atomic mass is 10.1. The van der Waals surface area contributed by atoms with Crippen LogP contribution in [0, 0.1) is 12.8 Å². The molecule has 3 nitrogen and oxygen atoms in total. The van der Waals surface area contributed by atoms with E-state index in [2.05, 4.69) is 21.0 Å². The predicted molar refractivity (Wildman–Crippen MR) is 55.6 cm³/mol. The van der Waals surface area contributed by atoms with E-state index in [1.54, 1.807) is 0 Å². The summed E-state index contributed by atoms with van der Waals surface area (Å²) in [6, 6.07) is 0. The summed E-state index contributed by atoms with van der Waals surface area (Å²) in [5.74, 6) is 0.283. The highest BCUT2D eigenvalue weighted by Gasteiger charge is 2.12. The van der Waals surface area contributed by atoms with Gasteiger partial charge in [0.05, 0.1) is 15.9 Å². The van der Waals surface area contributed by atoms with Gasteiger partial charge < -0.3 is 5.11 Å². The van der Waals surface area contributed by atoms with Gasteiger partial charge in [0.15, 0.2) is 0 Å². The first kappa shape index (κ1) is 10.7. The van der Waals surface area contributed by atoms with Crippen molar-refractivity contribution in [1.82, 2.24) is 9.78 Å². The standard InChI is InChI=1S/C9H15BrN2O/c1-6(5-13)4-8-9(10)7(2)11-12(8)3/h6,13H,4-5H2,1-3H3. The quantitative estimate of drug-likeness (QED) is 0.882. The number of aliphatic hydroxyl groups excluding tert-OH is 1. The fraction of sp³-hybridized carbons (Fsp3) is 0.667. The molecule has 0 spiro atoms. The second-order valence-electron chi connectivity index (χ2n) is 3.46. The van der Waals surface area contributed by atoms with E-state index in [-0.39, 0.29) is 12.5 Å². The van der Waals surface area contributed by atoms with Crippen molar-refractivity contribution in [2.45, 2.75) is 20.3 Å². The Bertz CT molecular complexity index is 296. The number of halogens is 1. The molecule has 0 aliphatic carbocycles. The second kappa shape index (κ2) is 4.24. The normalized spacial score (nSPS) is 13.3. The first-order valence-electron chi connectivity index (χ1n) is 4.35. The minimum atomic E-state index is 0.219. The third kappa shape index (κ3) is 2.31. The molecule has 0 saturated carbocycles. The van der Waals surface area contributed by atoms with Crippen LogP contribution in [-0.2, 0) is 13.5 Å². The minimum Gasteiger partial charge on any atom is -0.396 e. The molecule has 0 bridgehead atoms. The van der Waals surface area contributed by atoms with Crippen LogP contribution in [0.5, 0.6) is 0 Å². The van der Waals surface area contributed by atoms with Crippen LogP contribution >= 0.6 is 15.9 Å². The maximum Gasteiger partial charge on any atom is 0.0738 e. The average Bonchev–Trinajstić information content (AvgIpc) is 2.32. The SMILES string of the molecule is Cc1nn(C)c(CC(C)CO)c1Br. The molecule has 1 aromatic heterocycles. The van der Waals surface area contributed by atoms with Crippen LogP contribution in [0.25, 0.3) is 0 Å². The van der Waals surface area contributed by atoms with Crippen molar-refractivity contribution < 1.29 is 5.11 Å². The van der Waals surface area contributed by atoms with Crippen molar-refractivity contribution in [3.8, 4) is 0 Å². The van der Waals surface area contributed by atoms with Crippen molar-refractivity contribution in [1.29, 1.82) is 0 Å². The van der Waals surface area contributed by atoms with Crippen LogP contribution in [0.4, 0.5) is 0 Å². The molecule has 1 unspecified atom stereocenters. The minimum absolute atomic E-state index is 0.219. The van der Waals surface area contributed by atoms with E-state index in [0.717, 1.165) is 22.3 Å². The Kier molecular flexibility index (Phi) is 3.50. The zero-order valence-electron chi connectivity index (χ0n) is 8.21. The molecule has 0 fully saturated rings. The number of hydrogen-bond donors (Lipinski definition) is 1. The highest BCUT2D eigenvalue weighted by atomic mass is 79.9. The van der Waals surface area contributed by atoms with Gasteiger partial charge in [0, 0.05) is 13.7 Å². The van der Waals surface area contributed by atoms with Gasteiger partial charge >= 0.3 is 0 Å². The molecule has 0 radical (unpaired) electrons. The Balaban J connectivity index is 2.87. The lowest BCUT2D eigenvalue weighted by Gasteiger charge is -2.08. The molecule has 0 aromatic carbocycles. The summed E-state index contributed by atoms with van der Waals surface area (Å²) in [4.78, 5) is 0. The predicted octanol–water partition coefficient (Wildman–Crippen LogP) is 1.66. The summed E-state index contributed by atoms with van der Waals surface area (Å²) >= 11 is 3.49. The summed E-state index contributed by atoms with van der Waals surface area (Å²) in [5, 5.41) is 13.2. The van der Waals surface area contributed by atoms with Gasteiger partial charge in [-0.2, -0.15) is 5.10 Å². The first-order chi connectivity index (χ1) is 6.06. The van der Waals surface area contributed by atoms with E-state index < -0.39 is 0 Å². The van der Waals surface area contributed by atoms with Gasteiger partial charge in [-0.15, -0.1) is 0 Å². The van der Waals surface area contributed by atoms with Crippen molar-refractivity contribution >= 4 is 15.9 Å². The van der Waals surface area contributed by atoms with Gasteiger partial charge in [-0.05, 0) is 35.2 Å². The molecule has 74 valence electrons. The number of rotatable bonds is 3. The van der Waals surface area contributed by atoms with Crippen molar-refractivity contribution in [3.63, 3.8) is 0 Å². The van der Waals surface area contributed by atoms with Crippen LogP contribution in [-0.4, -0.2) is 21.5 Å². The Morgan fingerprint density at radius 3 is 2.62 bits per heavy atom. The van der Waals surface area contributed by atoms with Crippen molar-refractivity contribution in [2.75, 3.05) is 6.61 Å². The van der Waals surface area contributed by atoms with Gasteiger partial charge in [-0.1, -0.05) is 6.92 Å². The first-order valence-corrected chi connectivity index (χ1v) is 5.14. The van der Waals surface area contributed by atoms with Crippen molar-refractivity contribution in [3.05, 3.63) is 15.9 Å². The summed E-state index contributed by atoms with van der Waals surface area (Å²) in [6.07, 6.45) is 0.856. The summed E-state index contributed by atoms with van der Waals surface area (Å²) in [6.45, 7) is 4.21. The number of aryl methyl sites for hydroxylation is 2. The van der Waals surface area contributed by atoms with Gasteiger partial charge in [0.25, 0.3) is 0 Å². The highest BCUT2D eigenvalue weighted by molar-refractivity contribution is 9.10. The summed E-state index contributed by atoms with van der Waals surface area (Å²) < 4.78 is 2.93. The molecule has 0 aliphatic heterocycles. The fourth-order valence-electron chi connectivity index (χ4n) is 1.30. The monoisotopic (exact) mass is 246 g/mol. The number of nitrogens with zero attached hydrogens (tertiary/aromatic N) is 2. The maximum absolute atomic E-state index is 8.94. The molecule has 1 rings (SSSR count). The molecular weight excluding hydrogens is 232 g/mol. The lowest BCUT2D eigenvalue weighted by molar-refractivity contribution is 0.235. The van der Waals surface area contributed by atoms with Crippen LogP contribution in [0.15, 0.2) is 4.47 Å². The Morgan fingerprint density at radius 1 is 1.62 bits per heavy atom. The van der Waals surface area contributed by atoms with E-state index in [9.17, 15) is 0 Å². The summed E-state index contributed by atoms with van der Waals surface area (Å²) in [5.41, 5.74) is 2.15. The van der Waals surface area contributed by atoms with Gasteiger partial charge in [-0.25, -0.2) is 0 Å². The zero-order chi connectivity index (χ0) is 10.0. The third-order valence-electron chi connectivity index (χ3n) is 2.12. The smallest absolute Gasteiger partial charge is 0.0738 e. The van der Waals surface area contributed by atoms with E-state index in [0.29, 0.717) is 0 Å². The van der Waals surface area contributed by atoms with Gasteiger partial charge in [0.1, 0.15) is 0 Å². The molecule has 0 saturated heterocycles. The van der Waals surface area contributed by atoms with Crippen LogP contribution in [0.3, 0.4) is 0 Å². The number of aromatic nitrogens is 2. The van der Waals surface area contributed by atoms with Crippen LogP contribution < -0.4 is 0 Å². The molecular formula is C9H15BrN2O. The summed E-state index contributed by atoms with van der Waals surface area (Å²) in [7, 11) is 1.93. The van der Waals surface area contributed by atoms with Gasteiger partial charge in [-0.3, -0.25) is 4.68 Å². The molecule has 4 heteroatoms. The van der Waals surface area contributed by atoms with Crippen LogP contribution in [0.2, 0.25) is 0 Å². The Labute approximate surface area is 86.9 Å². The second-order valence-corrected chi connectivity index (χ2v) is 4.25. The Hall–Kier alpha value is -0.350. The van der Waals surface area contributed by atoms with E-state index in [1.165, 1.54) is 0 Å². The third-order valence-corrected chi connectivity index (χ3v) is 3.15. The zero-order valence-corrected chi connectivity index (χ0v) is 9.80. The average molecular weight is 247 g/mol. The fourth-order valence-corrected chi connectivity index (χ4v) is 1.79. The van der Waals surface area contributed by atoms with Crippen LogP contribution in [0.1, 0.15) is 18.3 Å². The highest BCUT2D eigenvalue weighted by Crippen LogP contribution is 2.22. The molecule has 1 aromatic rings. The molecule has 1 N–H and O–H groups in total. The maximum atomic E-state index is 8.94. The van der Waals surface area contributed by atoms with E-state index >= 15 is 0 Å².